The number of amides is 2. The second-order valence-electron chi connectivity index (χ2n) is 7.64. The van der Waals surface area contributed by atoms with Crippen molar-refractivity contribution >= 4 is 29.1 Å². The molecule has 0 spiro atoms. The van der Waals surface area contributed by atoms with Crippen molar-refractivity contribution in [3.05, 3.63) is 77.4 Å². The second kappa shape index (κ2) is 9.12. The average molecular weight is 447 g/mol. The summed E-state index contributed by atoms with van der Waals surface area (Å²) in [7, 11) is 3.12. The number of para-hydroxylation sites is 2. The van der Waals surface area contributed by atoms with E-state index in [-0.39, 0.29) is 5.91 Å². The molecule has 3 aromatic carbocycles. The molecule has 3 aromatic rings. The number of hydrogen-bond acceptors (Lipinski definition) is 6. The Bertz CT molecular complexity index is 1190. The minimum Gasteiger partial charge on any atom is -0.493 e. The maximum absolute atomic E-state index is 12.6. The molecule has 1 fully saturated rings. The third-order valence-corrected chi connectivity index (χ3v) is 5.53. The Hall–Kier alpha value is -4.20. The van der Waals surface area contributed by atoms with Crippen LogP contribution in [0.4, 0.5) is 21.9 Å². The Morgan fingerprint density at radius 1 is 1.09 bits per heavy atom. The van der Waals surface area contributed by atoms with Crippen molar-refractivity contribution in [1.29, 1.82) is 0 Å². The number of nitrogen functional groups attached to an aromatic ring is 1. The monoisotopic (exact) mass is 447 g/mol. The number of nitrogens with one attached hydrogen (secondary N) is 1. The number of hydrogen-bond donors (Lipinski definition) is 2. The van der Waals surface area contributed by atoms with Gasteiger partial charge in [0.1, 0.15) is 6.10 Å². The van der Waals surface area contributed by atoms with E-state index in [2.05, 4.69) is 5.32 Å². The van der Waals surface area contributed by atoms with Crippen LogP contribution >= 0.6 is 0 Å². The molecule has 1 aliphatic rings. The van der Waals surface area contributed by atoms with Crippen molar-refractivity contribution in [2.45, 2.75) is 13.0 Å². The summed E-state index contributed by atoms with van der Waals surface area (Å²) in [5.41, 5.74) is 9.70. The number of ether oxygens (including phenoxy) is 3. The summed E-state index contributed by atoms with van der Waals surface area (Å²) in [6.45, 7) is 2.22. The fourth-order valence-electron chi connectivity index (χ4n) is 3.79. The van der Waals surface area contributed by atoms with Gasteiger partial charge in [0, 0.05) is 11.6 Å². The van der Waals surface area contributed by atoms with Crippen molar-refractivity contribution in [3.63, 3.8) is 0 Å². The molecule has 1 heterocycles. The number of rotatable bonds is 6. The van der Waals surface area contributed by atoms with Gasteiger partial charge >= 0.3 is 6.09 Å². The van der Waals surface area contributed by atoms with E-state index in [0.717, 1.165) is 11.1 Å². The van der Waals surface area contributed by atoms with Crippen LogP contribution in [0.5, 0.6) is 11.5 Å². The standard InChI is InChI=1S/C25H25N3O5/c1-15-12-18(13-21(31-2)23(15)32-3)28-14-22(33-25(28)30)16-8-10-17(11-9-16)24(29)27-20-7-5-4-6-19(20)26/h4-13,22H,14,26H2,1-3H3,(H,27,29). The van der Waals surface area contributed by atoms with Gasteiger partial charge in [0.2, 0.25) is 0 Å². The van der Waals surface area contributed by atoms with Crippen molar-refractivity contribution in [3.8, 4) is 11.5 Å². The number of carbonyl (C=O) groups is 2. The van der Waals surface area contributed by atoms with Gasteiger partial charge in [0.25, 0.3) is 5.91 Å². The topological polar surface area (TPSA) is 103 Å². The fourth-order valence-corrected chi connectivity index (χ4v) is 3.79. The third-order valence-electron chi connectivity index (χ3n) is 5.53. The fraction of sp³-hybridized carbons (Fsp3) is 0.200. The van der Waals surface area contributed by atoms with Gasteiger partial charge in [-0.15, -0.1) is 0 Å². The lowest BCUT2D eigenvalue weighted by Gasteiger charge is -2.17. The molecular weight excluding hydrogens is 422 g/mol. The second-order valence-corrected chi connectivity index (χ2v) is 7.64. The number of anilines is 3. The molecule has 1 saturated heterocycles. The van der Waals surface area contributed by atoms with Crippen molar-refractivity contribution in [2.24, 2.45) is 0 Å². The zero-order valence-electron chi connectivity index (χ0n) is 18.6. The molecule has 0 radical (unpaired) electrons. The number of methoxy groups -OCH3 is 2. The van der Waals surface area contributed by atoms with Gasteiger partial charge in [-0.2, -0.15) is 0 Å². The van der Waals surface area contributed by atoms with Crippen LogP contribution in [0.25, 0.3) is 0 Å². The molecule has 4 rings (SSSR count). The minimum atomic E-state index is -0.465. The van der Waals surface area contributed by atoms with E-state index >= 15 is 0 Å². The van der Waals surface area contributed by atoms with Gasteiger partial charge in [-0.1, -0.05) is 24.3 Å². The van der Waals surface area contributed by atoms with E-state index < -0.39 is 12.2 Å². The van der Waals surface area contributed by atoms with E-state index in [9.17, 15) is 9.59 Å². The number of nitrogens with two attached hydrogens (primary N) is 1. The van der Waals surface area contributed by atoms with Crippen molar-refractivity contribution in [2.75, 3.05) is 36.7 Å². The first kappa shape index (κ1) is 22.0. The maximum Gasteiger partial charge on any atom is 0.415 e. The highest BCUT2D eigenvalue weighted by Crippen LogP contribution is 2.38. The van der Waals surface area contributed by atoms with Crippen LogP contribution in [0, 0.1) is 6.92 Å². The first-order valence-corrected chi connectivity index (χ1v) is 10.4. The van der Waals surface area contributed by atoms with Crippen molar-refractivity contribution < 1.29 is 23.8 Å². The highest BCUT2D eigenvalue weighted by atomic mass is 16.6. The molecule has 0 aliphatic carbocycles. The lowest BCUT2D eigenvalue weighted by Crippen LogP contribution is -2.23. The van der Waals surface area contributed by atoms with Gasteiger partial charge in [-0.05, 0) is 48.4 Å². The molecule has 1 unspecified atom stereocenters. The van der Waals surface area contributed by atoms with Gasteiger partial charge in [-0.25, -0.2) is 4.79 Å². The normalized spacial score (nSPS) is 15.2. The van der Waals surface area contributed by atoms with Gasteiger partial charge in [0.05, 0.1) is 37.8 Å². The molecule has 3 N–H and O–H groups in total. The molecule has 33 heavy (non-hydrogen) atoms. The molecule has 0 bridgehead atoms. The number of benzene rings is 3. The number of carbonyl (C=O) groups excluding carboxylic acids is 2. The van der Waals surface area contributed by atoms with E-state index in [1.165, 1.54) is 0 Å². The van der Waals surface area contributed by atoms with Crippen LogP contribution in [-0.4, -0.2) is 32.8 Å². The van der Waals surface area contributed by atoms with E-state index in [4.69, 9.17) is 19.9 Å². The van der Waals surface area contributed by atoms with Crippen LogP contribution in [0.2, 0.25) is 0 Å². The van der Waals surface area contributed by atoms with E-state index in [1.807, 2.05) is 13.0 Å². The molecule has 170 valence electrons. The molecule has 0 aromatic heterocycles. The lowest BCUT2D eigenvalue weighted by molar-refractivity contribution is 0.102. The third kappa shape index (κ3) is 4.41. The Balaban J connectivity index is 1.49. The predicted molar refractivity (Wildman–Crippen MR) is 126 cm³/mol. The quantitative estimate of drug-likeness (QED) is 0.538. The molecule has 2 amide bonds. The summed E-state index contributed by atoms with van der Waals surface area (Å²) in [4.78, 5) is 26.7. The Kier molecular flexibility index (Phi) is 6.08. The lowest BCUT2D eigenvalue weighted by atomic mass is 10.1. The summed E-state index contributed by atoms with van der Waals surface area (Å²) >= 11 is 0. The van der Waals surface area contributed by atoms with Gasteiger partial charge in [-0.3, -0.25) is 9.69 Å². The highest BCUT2D eigenvalue weighted by Gasteiger charge is 2.34. The highest BCUT2D eigenvalue weighted by molar-refractivity contribution is 6.05. The van der Waals surface area contributed by atoms with Crippen LogP contribution < -0.4 is 25.4 Å². The number of cyclic esters (lactones) is 1. The zero-order chi connectivity index (χ0) is 23.5. The number of nitrogens with zero attached hydrogens (tertiary/aromatic N) is 1. The van der Waals surface area contributed by atoms with Crippen LogP contribution in [0.3, 0.4) is 0 Å². The summed E-state index contributed by atoms with van der Waals surface area (Å²) < 4.78 is 16.4. The van der Waals surface area contributed by atoms with Crippen LogP contribution in [0.15, 0.2) is 60.7 Å². The first-order valence-electron chi connectivity index (χ1n) is 10.4. The van der Waals surface area contributed by atoms with Gasteiger partial charge < -0.3 is 25.3 Å². The molecule has 1 atom stereocenters. The summed E-state index contributed by atoms with van der Waals surface area (Å²) in [6, 6.07) is 17.6. The molecule has 8 nitrogen and oxygen atoms in total. The Morgan fingerprint density at radius 2 is 1.82 bits per heavy atom. The number of aryl methyl sites for hydroxylation is 1. The van der Waals surface area contributed by atoms with E-state index in [1.54, 1.807) is 73.7 Å². The van der Waals surface area contributed by atoms with Crippen molar-refractivity contribution in [1.82, 2.24) is 0 Å². The molecule has 8 heteroatoms. The predicted octanol–water partition coefficient (Wildman–Crippen LogP) is 4.54. The summed E-state index contributed by atoms with van der Waals surface area (Å²) in [6.07, 6.45) is -0.916. The Morgan fingerprint density at radius 3 is 2.48 bits per heavy atom. The van der Waals surface area contributed by atoms with Gasteiger partial charge in [0.15, 0.2) is 11.5 Å². The zero-order valence-corrected chi connectivity index (χ0v) is 18.6. The Labute approximate surface area is 191 Å². The smallest absolute Gasteiger partial charge is 0.415 e. The molecule has 1 aliphatic heterocycles. The van der Waals surface area contributed by atoms with E-state index in [0.29, 0.717) is 40.7 Å². The first-order chi connectivity index (χ1) is 15.9. The minimum absolute atomic E-state index is 0.273. The summed E-state index contributed by atoms with van der Waals surface area (Å²) in [5.74, 6) is 0.889. The SMILES string of the molecule is COc1cc(N2CC(c3ccc(C(=O)Nc4ccccc4N)cc3)OC2=O)cc(C)c1OC. The maximum atomic E-state index is 12.6. The molecule has 0 saturated carbocycles. The molecular formula is C25H25N3O5. The largest absolute Gasteiger partial charge is 0.493 e. The summed E-state index contributed by atoms with van der Waals surface area (Å²) in [5, 5.41) is 2.80. The van der Waals surface area contributed by atoms with Crippen LogP contribution in [0.1, 0.15) is 27.6 Å². The van der Waals surface area contributed by atoms with Crippen LogP contribution in [-0.2, 0) is 4.74 Å². The average Bonchev–Trinajstić information content (AvgIpc) is 3.21.